The average molecular weight is 301 g/mol. The second kappa shape index (κ2) is 4.17. The number of nitrogens with zero attached hydrogens (tertiary/aromatic N) is 3. The molecule has 0 radical (unpaired) electrons. The topological polar surface area (TPSA) is 50.9 Å². The summed E-state index contributed by atoms with van der Waals surface area (Å²) in [5.74, 6) is 2.97. The summed E-state index contributed by atoms with van der Waals surface area (Å²) in [5.41, 5.74) is 1.22. The van der Waals surface area contributed by atoms with Crippen molar-refractivity contribution >= 4 is 11.3 Å². The lowest BCUT2D eigenvalue weighted by Crippen LogP contribution is -2.47. The van der Waals surface area contributed by atoms with E-state index in [0.717, 1.165) is 18.7 Å². The first-order valence-electron chi connectivity index (χ1n) is 7.94. The standard InChI is InChI=1S/C16H19N3OS/c20-13-7-16(8-13,11-5-6-21-9-11)15-18-17-14(10-1-2-10)19(15)12-3-4-12/h5-6,9-10,12-13,20H,1-4,7-8H2. The van der Waals surface area contributed by atoms with Gasteiger partial charge < -0.3 is 9.67 Å². The summed E-state index contributed by atoms with van der Waals surface area (Å²) in [6.45, 7) is 0. The van der Waals surface area contributed by atoms with Gasteiger partial charge in [-0.1, -0.05) is 0 Å². The molecule has 0 unspecified atom stereocenters. The van der Waals surface area contributed by atoms with Crippen LogP contribution in [-0.4, -0.2) is 26.0 Å². The molecule has 3 aliphatic rings. The summed E-state index contributed by atoms with van der Waals surface area (Å²) in [6, 6.07) is 2.80. The lowest BCUT2D eigenvalue weighted by Gasteiger charge is -2.44. The van der Waals surface area contributed by atoms with E-state index in [2.05, 4.69) is 31.6 Å². The Balaban J connectivity index is 1.65. The van der Waals surface area contributed by atoms with Crippen LogP contribution in [0.3, 0.4) is 0 Å². The van der Waals surface area contributed by atoms with Crippen molar-refractivity contribution in [3.8, 4) is 0 Å². The monoisotopic (exact) mass is 301 g/mol. The van der Waals surface area contributed by atoms with Gasteiger partial charge in [-0.15, -0.1) is 10.2 Å². The molecule has 1 N–H and O–H groups in total. The molecule has 0 spiro atoms. The van der Waals surface area contributed by atoms with Crippen molar-refractivity contribution in [1.29, 1.82) is 0 Å². The highest BCUT2D eigenvalue weighted by atomic mass is 32.1. The van der Waals surface area contributed by atoms with E-state index in [-0.39, 0.29) is 11.5 Å². The Hall–Kier alpha value is -1.20. The molecule has 3 saturated carbocycles. The Kier molecular flexibility index (Phi) is 2.45. The highest BCUT2D eigenvalue weighted by Crippen LogP contribution is 2.53. The van der Waals surface area contributed by atoms with Crippen LogP contribution in [0.4, 0.5) is 0 Å². The number of rotatable bonds is 4. The molecular weight excluding hydrogens is 282 g/mol. The summed E-state index contributed by atoms with van der Waals surface area (Å²) in [4.78, 5) is 0. The normalized spacial score (nSPS) is 32.1. The van der Waals surface area contributed by atoms with E-state index >= 15 is 0 Å². The molecule has 4 nitrogen and oxygen atoms in total. The zero-order valence-electron chi connectivity index (χ0n) is 11.9. The summed E-state index contributed by atoms with van der Waals surface area (Å²) < 4.78 is 2.45. The summed E-state index contributed by atoms with van der Waals surface area (Å²) in [7, 11) is 0. The third-order valence-corrected chi connectivity index (χ3v) is 5.93. The number of thiophene rings is 1. The highest BCUT2D eigenvalue weighted by molar-refractivity contribution is 7.08. The first-order chi connectivity index (χ1) is 10.3. The van der Waals surface area contributed by atoms with E-state index in [1.165, 1.54) is 37.1 Å². The Labute approximate surface area is 127 Å². The fourth-order valence-electron chi connectivity index (χ4n) is 3.77. The zero-order valence-corrected chi connectivity index (χ0v) is 12.7. The van der Waals surface area contributed by atoms with Gasteiger partial charge in [-0.05, 0) is 60.9 Å². The van der Waals surface area contributed by atoms with Gasteiger partial charge in [0.05, 0.1) is 11.5 Å². The molecule has 0 atom stereocenters. The van der Waals surface area contributed by atoms with Crippen LogP contribution in [0.25, 0.3) is 0 Å². The predicted molar refractivity (Wildman–Crippen MR) is 80.6 cm³/mol. The van der Waals surface area contributed by atoms with Crippen molar-refractivity contribution < 1.29 is 5.11 Å². The van der Waals surface area contributed by atoms with Crippen molar-refractivity contribution in [2.24, 2.45) is 0 Å². The average Bonchev–Trinajstić information content (AvgIpc) is 3.37. The van der Waals surface area contributed by atoms with Crippen LogP contribution in [0.1, 0.15) is 67.7 Å². The molecule has 2 aromatic heterocycles. The lowest BCUT2D eigenvalue weighted by atomic mass is 9.62. The molecule has 110 valence electrons. The predicted octanol–water partition coefficient (Wildman–Crippen LogP) is 2.99. The molecule has 21 heavy (non-hydrogen) atoms. The van der Waals surface area contributed by atoms with Crippen molar-refractivity contribution in [1.82, 2.24) is 14.8 Å². The lowest BCUT2D eigenvalue weighted by molar-refractivity contribution is 0.0319. The van der Waals surface area contributed by atoms with Crippen LogP contribution in [0, 0.1) is 0 Å². The molecule has 0 aromatic carbocycles. The van der Waals surface area contributed by atoms with E-state index < -0.39 is 0 Å². The first kappa shape index (κ1) is 12.4. The zero-order chi connectivity index (χ0) is 14.0. The number of aromatic nitrogens is 3. The number of hydrogen-bond donors (Lipinski definition) is 1. The van der Waals surface area contributed by atoms with E-state index in [9.17, 15) is 5.11 Å². The van der Waals surface area contributed by atoms with Crippen LogP contribution < -0.4 is 0 Å². The molecule has 5 heteroatoms. The van der Waals surface area contributed by atoms with Gasteiger partial charge in [-0.2, -0.15) is 11.3 Å². The molecule has 0 saturated heterocycles. The van der Waals surface area contributed by atoms with Crippen LogP contribution >= 0.6 is 11.3 Å². The van der Waals surface area contributed by atoms with E-state index in [0.29, 0.717) is 12.0 Å². The number of hydrogen-bond acceptors (Lipinski definition) is 4. The molecule has 2 heterocycles. The second-order valence-electron chi connectivity index (χ2n) is 6.91. The maximum absolute atomic E-state index is 9.96. The smallest absolute Gasteiger partial charge is 0.144 e. The van der Waals surface area contributed by atoms with Gasteiger partial charge in [-0.3, -0.25) is 0 Å². The molecule has 0 bridgehead atoms. The Morgan fingerprint density at radius 1 is 1.19 bits per heavy atom. The highest BCUT2D eigenvalue weighted by Gasteiger charge is 2.52. The molecule has 0 aliphatic heterocycles. The minimum absolute atomic E-state index is 0.0951. The number of aliphatic hydroxyl groups is 1. The third kappa shape index (κ3) is 1.77. The van der Waals surface area contributed by atoms with Gasteiger partial charge in [-0.25, -0.2) is 0 Å². The fourth-order valence-corrected chi connectivity index (χ4v) is 4.53. The van der Waals surface area contributed by atoms with E-state index in [1.54, 1.807) is 11.3 Å². The SMILES string of the molecule is OC1CC(c2ccsc2)(c2nnc(C3CC3)n2C2CC2)C1. The molecule has 5 rings (SSSR count). The molecule has 0 amide bonds. The van der Waals surface area contributed by atoms with Crippen LogP contribution in [0.2, 0.25) is 0 Å². The molecular formula is C16H19N3OS. The largest absolute Gasteiger partial charge is 0.393 e. The maximum atomic E-state index is 9.96. The van der Waals surface area contributed by atoms with Gasteiger partial charge >= 0.3 is 0 Å². The Bertz CT molecular complexity index is 664. The summed E-state index contributed by atoms with van der Waals surface area (Å²) in [6.07, 6.45) is 6.43. The quantitative estimate of drug-likeness (QED) is 0.944. The third-order valence-electron chi connectivity index (χ3n) is 5.25. The molecule has 3 fully saturated rings. The summed E-state index contributed by atoms with van der Waals surface area (Å²) in [5, 5.41) is 23.5. The van der Waals surface area contributed by atoms with Crippen LogP contribution in [-0.2, 0) is 5.41 Å². The summed E-state index contributed by atoms with van der Waals surface area (Å²) >= 11 is 1.73. The van der Waals surface area contributed by atoms with E-state index in [4.69, 9.17) is 0 Å². The first-order valence-corrected chi connectivity index (χ1v) is 8.88. The molecule has 2 aromatic rings. The molecule has 3 aliphatic carbocycles. The van der Waals surface area contributed by atoms with Crippen molar-refractivity contribution in [3.63, 3.8) is 0 Å². The minimum atomic E-state index is -0.196. The fraction of sp³-hybridized carbons (Fsp3) is 0.625. The Morgan fingerprint density at radius 2 is 2.00 bits per heavy atom. The maximum Gasteiger partial charge on any atom is 0.144 e. The van der Waals surface area contributed by atoms with Crippen molar-refractivity contribution in [2.75, 3.05) is 0 Å². The Morgan fingerprint density at radius 3 is 2.57 bits per heavy atom. The number of aliphatic hydroxyl groups excluding tert-OH is 1. The van der Waals surface area contributed by atoms with Gasteiger partial charge in [0.2, 0.25) is 0 Å². The minimum Gasteiger partial charge on any atom is -0.393 e. The van der Waals surface area contributed by atoms with Gasteiger partial charge in [0.25, 0.3) is 0 Å². The van der Waals surface area contributed by atoms with Gasteiger partial charge in [0.15, 0.2) is 0 Å². The van der Waals surface area contributed by atoms with Crippen LogP contribution in [0.15, 0.2) is 16.8 Å². The van der Waals surface area contributed by atoms with E-state index in [1.807, 2.05) is 0 Å². The second-order valence-corrected chi connectivity index (χ2v) is 7.69. The van der Waals surface area contributed by atoms with Crippen molar-refractivity contribution in [3.05, 3.63) is 34.0 Å². The van der Waals surface area contributed by atoms with Crippen molar-refractivity contribution in [2.45, 2.75) is 62.0 Å². The van der Waals surface area contributed by atoms with Gasteiger partial charge in [0, 0.05) is 12.0 Å². The van der Waals surface area contributed by atoms with Crippen LogP contribution in [0.5, 0.6) is 0 Å². The van der Waals surface area contributed by atoms with Gasteiger partial charge in [0.1, 0.15) is 11.6 Å².